The minimum atomic E-state index is 0.290. The summed E-state index contributed by atoms with van der Waals surface area (Å²) in [5, 5.41) is 0. The minimum Gasteiger partial charge on any atom is -0.383 e. The van der Waals surface area contributed by atoms with Crippen LogP contribution in [0.1, 0.15) is 113 Å². The molecule has 0 atom stereocenters. The van der Waals surface area contributed by atoms with E-state index in [-0.39, 0.29) is 5.41 Å². The first-order chi connectivity index (χ1) is 20.3. The van der Waals surface area contributed by atoms with Gasteiger partial charge in [0.05, 0.1) is 0 Å². The van der Waals surface area contributed by atoms with Crippen molar-refractivity contribution in [1.82, 2.24) is 19.9 Å². The number of nitrogens with two attached hydrogens (primary N) is 2. The Morgan fingerprint density at radius 3 is 1.63 bits per heavy atom. The normalized spacial score (nSPS) is 13.0. The zero-order valence-electron chi connectivity index (χ0n) is 28.0. The van der Waals surface area contributed by atoms with Crippen molar-refractivity contribution in [2.45, 2.75) is 107 Å². The molecule has 0 spiro atoms. The van der Waals surface area contributed by atoms with Crippen LogP contribution in [0.25, 0.3) is 22.8 Å². The highest BCUT2D eigenvalue weighted by Gasteiger charge is 2.19. The third-order valence-corrected chi connectivity index (χ3v) is 7.86. The third kappa shape index (κ3) is 8.85. The van der Waals surface area contributed by atoms with Crippen LogP contribution in [-0.2, 0) is 6.42 Å². The predicted octanol–water partition coefficient (Wildman–Crippen LogP) is 9.38. The predicted molar refractivity (Wildman–Crippen MR) is 183 cm³/mol. The molecular formula is C37H52N6. The number of aryl methyl sites for hydroxylation is 2. The molecule has 0 amide bonds. The molecule has 0 bridgehead atoms. The highest BCUT2D eigenvalue weighted by Crippen LogP contribution is 2.37. The topological polar surface area (TPSA) is 104 Å². The Kier molecular flexibility index (Phi) is 11.4. The van der Waals surface area contributed by atoms with Crippen molar-refractivity contribution < 1.29 is 0 Å². The molecule has 0 saturated heterocycles. The molecule has 230 valence electrons. The molecule has 1 fully saturated rings. The van der Waals surface area contributed by atoms with Crippen molar-refractivity contribution in [3.05, 3.63) is 82.2 Å². The van der Waals surface area contributed by atoms with E-state index in [0.29, 0.717) is 23.4 Å². The van der Waals surface area contributed by atoms with Gasteiger partial charge in [0, 0.05) is 33.6 Å². The minimum absolute atomic E-state index is 0.290. The van der Waals surface area contributed by atoms with Gasteiger partial charge in [-0.2, -0.15) is 0 Å². The van der Waals surface area contributed by atoms with Gasteiger partial charge in [0.1, 0.15) is 11.6 Å². The lowest BCUT2D eigenvalue weighted by Gasteiger charge is -2.25. The molecule has 1 aliphatic rings. The molecule has 4 N–H and O–H groups in total. The monoisotopic (exact) mass is 580 g/mol. The lowest BCUT2D eigenvalue weighted by Crippen LogP contribution is -2.09. The fraction of sp³-hybridized carbons (Fsp3) is 0.459. The summed E-state index contributed by atoms with van der Waals surface area (Å²) in [4.78, 5) is 18.0. The summed E-state index contributed by atoms with van der Waals surface area (Å²) in [6, 6.07) is 17.1. The molecule has 0 unspecified atom stereocenters. The molecule has 43 heavy (non-hydrogen) atoms. The van der Waals surface area contributed by atoms with Gasteiger partial charge in [-0.1, -0.05) is 103 Å². The summed E-state index contributed by atoms with van der Waals surface area (Å²) in [6.07, 6.45) is 5.07. The van der Waals surface area contributed by atoms with Gasteiger partial charge < -0.3 is 11.5 Å². The fourth-order valence-electron chi connectivity index (χ4n) is 5.26. The number of rotatable bonds is 5. The van der Waals surface area contributed by atoms with Crippen LogP contribution in [0.4, 0.5) is 11.6 Å². The molecule has 2 aromatic carbocycles. The van der Waals surface area contributed by atoms with E-state index in [1.165, 1.54) is 30.4 Å². The molecule has 6 heteroatoms. The number of benzene rings is 2. The van der Waals surface area contributed by atoms with Crippen LogP contribution < -0.4 is 11.5 Å². The molecule has 6 nitrogen and oxygen atoms in total. The smallest absolute Gasteiger partial charge is 0.161 e. The Balaban J connectivity index is 0.000000224. The average molecular weight is 581 g/mol. The SMILES string of the molecule is CC.Cc1nc(-c2ccc(C3CCC3)cc2)nc(N)c1C.Cc1nc(-c2ccc(CC(C)(C)C)cc2)nc(N)c1C(C)C. The van der Waals surface area contributed by atoms with Gasteiger partial charge in [-0.15, -0.1) is 0 Å². The molecule has 2 heterocycles. The molecule has 2 aromatic heterocycles. The fourth-order valence-corrected chi connectivity index (χ4v) is 5.26. The van der Waals surface area contributed by atoms with Crippen LogP contribution in [-0.4, -0.2) is 19.9 Å². The number of nitrogens with zero attached hydrogens (tertiary/aromatic N) is 4. The third-order valence-electron chi connectivity index (χ3n) is 7.86. The molecule has 0 radical (unpaired) electrons. The van der Waals surface area contributed by atoms with Gasteiger partial charge >= 0.3 is 0 Å². The van der Waals surface area contributed by atoms with Crippen molar-refractivity contribution in [3.63, 3.8) is 0 Å². The summed E-state index contributed by atoms with van der Waals surface area (Å²) in [7, 11) is 0. The molecule has 0 aliphatic heterocycles. The molecule has 4 aromatic rings. The van der Waals surface area contributed by atoms with Crippen molar-refractivity contribution in [3.8, 4) is 22.8 Å². The van der Waals surface area contributed by atoms with E-state index >= 15 is 0 Å². The van der Waals surface area contributed by atoms with Crippen molar-refractivity contribution in [2.24, 2.45) is 5.41 Å². The highest BCUT2D eigenvalue weighted by molar-refractivity contribution is 5.60. The largest absolute Gasteiger partial charge is 0.383 e. The second-order valence-electron chi connectivity index (χ2n) is 12.9. The molecule has 1 saturated carbocycles. The van der Waals surface area contributed by atoms with E-state index in [1.807, 2.05) is 34.6 Å². The summed E-state index contributed by atoms with van der Waals surface area (Å²) in [6.45, 7) is 20.9. The van der Waals surface area contributed by atoms with Gasteiger partial charge in [-0.3, -0.25) is 0 Å². The lowest BCUT2D eigenvalue weighted by atomic mass is 9.80. The van der Waals surface area contributed by atoms with Crippen LogP contribution >= 0.6 is 0 Å². The summed E-state index contributed by atoms with van der Waals surface area (Å²) in [5.74, 6) is 3.70. The van der Waals surface area contributed by atoms with E-state index < -0.39 is 0 Å². The molecule has 5 rings (SSSR count). The van der Waals surface area contributed by atoms with Gasteiger partial charge in [-0.25, -0.2) is 19.9 Å². The number of hydrogen-bond acceptors (Lipinski definition) is 6. The van der Waals surface area contributed by atoms with E-state index in [0.717, 1.165) is 51.8 Å². The highest BCUT2D eigenvalue weighted by atomic mass is 15.0. The Hall–Kier alpha value is -3.80. The maximum atomic E-state index is 6.12. The Bertz CT molecular complexity index is 1430. The summed E-state index contributed by atoms with van der Waals surface area (Å²) < 4.78 is 0. The van der Waals surface area contributed by atoms with E-state index in [4.69, 9.17) is 11.5 Å². The molecule has 1 aliphatic carbocycles. The number of nitrogen functional groups attached to an aromatic ring is 2. The Labute approximate surface area is 259 Å². The second-order valence-corrected chi connectivity index (χ2v) is 12.9. The first-order valence-corrected chi connectivity index (χ1v) is 15.8. The van der Waals surface area contributed by atoms with E-state index in [9.17, 15) is 0 Å². The van der Waals surface area contributed by atoms with Crippen LogP contribution in [0, 0.1) is 26.2 Å². The number of hydrogen-bond donors (Lipinski definition) is 2. The lowest BCUT2D eigenvalue weighted by molar-refractivity contribution is 0.411. The Morgan fingerprint density at radius 2 is 1.21 bits per heavy atom. The van der Waals surface area contributed by atoms with Crippen molar-refractivity contribution >= 4 is 11.6 Å². The Morgan fingerprint density at radius 1 is 0.721 bits per heavy atom. The van der Waals surface area contributed by atoms with Crippen LogP contribution in [0.5, 0.6) is 0 Å². The number of aromatic nitrogens is 4. The van der Waals surface area contributed by atoms with Crippen molar-refractivity contribution in [1.29, 1.82) is 0 Å². The zero-order chi connectivity index (χ0) is 31.9. The van der Waals surface area contributed by atoms with Crippen molar-refractivity contribution in [2.75, 3.05) is 11.5 Å². The van der Waals surface area contributed by atoms with Crippen LogP contribution in [0.3, 0.4) is 0 Å². The summed E-state index contributed by atoms with van der Waals surface area (Å²) in [5.41, 5.74) is 21.1. The summed E-state index contributed by atoms with van der Waals surface area (Å²) >= 11 is 0. The second kappa shape index (κ2) is 14.6. The molecular weight excluding hydrogens is 528 g/mol. The van der Waals surface area contributed by atoms with E-state index in [1.54, 1.807) is 0 Å². The van der Waals surface area contributed by atoms with Gasteiger partial charge in [0.25, 0.3) is 0 Å². The van der Waals surface area contributed by atoms with Gasteiger partial charge in [0.15, 0.2) is 11.6 Å². The zero-order valence-corrected chi connectivity index (χ0v) is 28.0. The average Bonchev–Trinajstić information content (AvgIpc) is 2.91. The first-order valence-electron chi connectivity index (χ1n) is 15.8. The van der Waals surface area contributed by atoms with Gasteiger partial charge in [0.2, 0.25) is 0 Å². The quantitative estimate of drug-likeness (QED) is 0.244. The van der Waals surface area contributed by atoms with Gasteiger partial charge in [-0.05, 0) is 68.4 Å². The van der Waals surface area contributed by atoms with E-state index in [2.05, 4.69) is 103 Å². The standard InChI is InChI=1S/C19H27N3.C16H19N3.C2H6/c1-12(2)16-13(3)21-18(22-17(16)20)15-9-7-14(8-10-15)11-19(4,5)6;1-10-11(2)18-16(19-15(10)17)14-8-6-13(7-9-14)12-4-3-5-12;1-2/h7-10,12H,11H2,1-6H3,(H2,20,21,22);6-9,12H,3-5H2,1-2H3,(H2,17,18,19);1-2H3. The van der Waals surface area contributed by atoms with Crippen LogP contribution in [0.15, 0.2) is 48.5 Å². The maximum Gasteiger partial charge on any atom is 0.161 e. The number of anilines is 2. The van der Waals surface area contributed by atoms with Crippen LogP contribution in [0.2, 0.25) is 0 Å². The maximum absolute atomic E-state index is 6.12. The first kappa shape index (κ1) is 33.7.